The molecule has 0 bridgehead atoms. The first-order chi connectivity index (χ1) is 15.2. The number of nitrogens with one attached hydrogen (secondary N) is 2. The predicted octanol–water partition coefficient (Wildman–Crippen LogP) is 2.94. The van der Waals surface area contributed by atoms with E-state index in [1.165, 1.54) is 0 Å². The number of benzene rings is 1. The fourth-order valence-corrected chi connectivity index (χ4v) is 3.69. The van der Waals surface area contributed by atoms with E-state index >= 15 is 0 Å². The van der Waals surface area contributed by atoms with Crippen LogP contribution in [0.2, 0.25) is 10.0 Å². The fourth-order valence-electron chi connectivity index (χ4n) is 2.90. The van der Waals surface area contributed by atoms with Gasteiger partial charge in [-0.05, 0) is 42.8 Å². The largest absolute Gasteiger partial charge is 0.492 e. The lowest BCUT2D eigenvalue weighted by atomic mass is 10.1. The molecule has 11 heteroatoms. The third-order valence-electron chi connectivity index (χ3n) is 4.48. The van der Waals surface area contributed by atoms with Crippen LogP contribution >= 0.6 is 35.4 Å². The Labute approximate surface area is 202 Å². The first-order valence-electron chi connectivity index (χ1n) is 10.3. The molecule has 32 heavy (non-hydrogen) atoms. The summed E-state index contributed by atoms with van der Waals surface area (Å²) >= 11 is 17.2. The van der Waals surface area contributed by atoms with Crippen molar-refractivity contribution in [3.63, 3.8) is 0 Å². The van der Waals surface area contributed by atoms with E-state index in [0.717, 1.165) is 0 Å². The Morgan fingerprint density at radius 1 is 1.34 bits per heavy atom. The molecule has 1 atom stereocenters. The van der Waals surface area contributed by atoms with Crippen molar-refractivity contribution in [2.24, 2.45) is 5.92 Å². The molecule has 1 fully saturated rings. The monoisotopic (exact) mass is 503 g/mol. The number of piperazine rings is 1. The summed E-state index contributed by atoms with van der Waals surface area (Å²) in [6, 6.07) is 4.07. The second-order valence-corrected chi connectivity index (χ2v) is 8.89. The molecule has 1 heterocycles. The highest BCUT2D eigenvalue weighted by Crippen LogP contribution is 2.27. The van der Waals surface area contributed by atoms with Gasteiger partial charge >= 0.3 is 5.97 Å². The van der Waals surface area contributed by atoms with Crippen molar-refractivity contribution in [2.75, 3.05) is 26.3 Å². The van der Waals surface area contributed by atoms with E-state index in [9.17, 15) is 14.4 Å². The maximum atomic E-state index is 12.3. The molecule has 2 rings (SSSR count). The van der Waals surface area contributed by atoms with Crippen molar-refractivity contribution in [2.45, 2.75) is 39.2 Å². The fraction of sp³-hybridized carbons (Fsp3) is 0.524. The van der Waals surface area contributed by atoms with Crippen molar-refractivity contribution in [1.29, 1.82) is 0 Å². The van der Waals surface area contributed by atoms with Crippen LogP contribution in [-0.2, 0) is 19.1 Å². The molecular weight excluding hydrogens is 477 g/mol. The van der Waals surface area contributed by atoms with Crippen LogP contribution in [-0.4, -0.2) is 60.1 Å². The van der Waals surface area contributed by atoms with Crippen LogP contribution in [0, 0.1) is 5.92 Å². The van der Waals surface area contributed by atoms with E-state index in [2.05, 4.69) is 10.6 Å². The average Bonchev–Trinajstić information content (AvgIpc) is 2.72. The molecule has 0 radical (unpaired) electrons. The van der Waals surface area contributed by atoms with Gasteiger partial charge in [-0.25, -0.2) is 0 Å². The van der Waals surface area contributed by atoms with Crippen molar-refractivity contribution in [3.05, 3.63) is 28.2 Å². The maximum absolute atomic E-state index is 12.3. The lowest BCUT2D eigenvalue weighted by Gasteiger charge is -2.36. The summed E-state index contributed by atoms with van der Waals surface area (Å²) < 4.78 is 10.7. The number of thiocarbonyl (C=S) groups is 1. The van der Waals surface area contributed by atoms with Gasteiger partial charge in [0.2, 0.25) is 11.8 Å². The quantitative estimate of drug-likeness (QED) is 0.303. The molecule has 8 nitrogen and oxygen atoms in total. The summed E-state index contributed by atoms with van der Waals surface area (Å²) in [7, 11) is 0. The van der Waals surface area contributed by atoms with Crippen LogP contribution in [0.3, 0.4) is 0 Å². The second kappa shape index (κ2) is 12.8. The maximum Gasteiger partial charge on any atom is 0.308 e. The first kappa shape index (κ1) is 26.2. The second-order valence-electron chi connectivity index (χ2n) is 7.66. The van der Waals surface area contributed by atoms with E-state index < -0.39 is 12.0 Å². The molecule has 2 N–H and O–H groups in total. The van der Waals surface area contributed by atoms with Crippen LogP contribution in [0.5, 0.6) is 5.75 Å². The van der Waals surface area contributed by atoms with Crippen molar-refractivity contribution in [1.82, 2.24) is 15.5 Å². The van der Waals surface area contributed by atoms with Crippen LogP contribution in [0.25, 0.3) is 0 Å². The molecule has 1 unspecified atom stereocenters. The highest BCUT2D eigenvalue weighted by atomic mass is 35.5. The van der Waals surface area contributed by atoms with Crippen LogP contribution in [0.15, 0.2) is 18.2 Å². The minimum Gasteiger partial charge on any atom is -0.492 e. The molecule has 2 amide bonds. The Morgan fingerprint density at radius 3 is 2.78 bits per heavy atom. The van der Waals surface area contributed by atoms with Gasteiger partial charge < -0.3 is 25.0 Å². The van der Waals surface area contributed by atoms with Gasteiger partial charge in [-0.2, -0.15) is 0 Å². The van der Waals surface area contributed by atoms with Gasteiger partial charge in [0.1, 0.15) is 11.8 Å². The van der Waals surface area contributed by atoms with Gasteiger partial charge in [-0.15, -0.1) is 0 Å². The summed E-state index contributed by atoms with van der Waals surface area (Å²) in [6.45, 7) is 5.14. The summed E-state index contributed by atoms with van der Waals surface area (Å²) in [5, 5.41) is 6.34. The Balaban J connectivity index is 1.81. The molecule has 0 aliphatic carbocycles. The number of amides is 2. The van der Waals surface area contributed by atoms with Crippen LogP contribution in [0.1, 0.15) is 33.1 Å². The minimum atomic E-state index is -0.827. The average molecular weight is 504 g/mol. The van der Waals surface area contributed by atoms with Crippen molar-refractivity contribution < 1.29 is 23.9 Å². The third kappa shape index (κ3) is 8.44. The van der Waals surface area contributed by atoms with Gasteiger partial charge in [0.15, 0.2) is 5.11 Å². The molecule has 1 aromatic rings. The van der Waals surface area contributed by atoms with Crippen LogP contribution in [0.4, 0.5) is 0 Å². The van der Waals surface area contributed by atoms with E-state index in [1.54, 1.807) is 23.1 Å². The molecule has 1 saturated heterocycles. The first-order valence-corrected chi connectivity index (χ1v) is 11.5. The summed E-state index contributed by atoms with van der Waals surface area (Å²) in [4.78, 5) is 38.2. The number of hydrogen-bond donors (Lipinski definition) is 2. The Hall–Kier alpha value is -2.10. The number of halogens is 2. The van der Waals surface area contributed by atoms with Crippen molar-refractivity contribution in [3.8, 4) is 5.75 Å². The Bertz CT molecular complexity index is 853. The predicted molar refractivity (Wildman–Crippen MR) is 126 cm³/mol. The van der Waals surface area contributed by atoms with E-state index in [0.29, 0.717) is 35.3 Å². The highest BCUT2D eigenvalue weighted by molar-refractivity contribution is 7.80. The number of ether oxygens (including phenoxy) is 2. The molecule has 1 aliphatic rings. The Morgan fingerprint density at radius 2 is 2.09 bits per heavy atom. The smallest absolute Gasteiger partial charge is 0.308 e. The SMILES string of the molecule is CC(C)COC(=O)CC1C(=O)NCCN1C(=S)NC(=O)CCCOc1ccc(Cl)cc1Cl. The standard InChI is InChI=1S/C21H27Cl2N3O5S/c1-13(2)12-31-19(28)11-16-20(29)24-7-8-26(16)21(32)25-18(27)4-3-9-30-17-6-5-14(22)10-15(17)23/h5-6,10,13,16H,3-4,7-9,11-12H2,1-2H3,(H,24,29)(H,25,27,32). The summed E-state index contributed by atoms with van der Waals surface area (Å²) in [5.74, 6) is -0.456. The van der Waals surface area contributed by atoms with E-state index in [4.69, 9.17) is 44.9 Å². The molecule has 1 aliphatic heterocycles. The number of hydrogen-bond acceptors (Lipinski definition) is 6. The van der Waals surface area contributed by atoms with Crippen LogP contribution < -0.4 is 15.4 Å². The zero-order chi connectivity index (χ0) is 23.7. The summed E-state index contributed by atoms with van der Waals surface area (Å²) in [6.07, 6.45) is 0.440. The zero-order valence-corrected chi connectivity index (χ0v) is 20.3. The lowest BCUT2D eigenvalue weighted by molar-refractivity contribution is -0.148. The topological polar surface area (TPSA) is 97.0 Å². The van der Waals surface area contributed by atoms with E-state index in [-0.39, 0.29) is 48.9 Å². The molecule has 0 aromatic heterocycles. The minimum absolute atomic E-state index is 0.105. The molecular formula is C21H27Cl2N3O5S. The normalized spacial score (nSPS) is 15.8. The van der Waals surface area contributed by atoms with Gasteiger partial charge in [-0.1, -0.05) is 37.0 Å². The number of nitrogens with zero attached hydrogens (tertiary/aromatic N) is 1. The van der Waals surface area contributed by atoms with Gasteiger partial charge in [0.05, 0.1) is 24.7 Å². The highest BCUT2D eigenvalue weighted by Gasteiger charge is 2.34. The summed E-state index contributed by atoms with van der Waals surface area (Å²) in [5.41, 5.74) is 0. The van der Waals surface area contributed by atoms with Gasteiger partial charge in [-0.3, -0.25) is 14.4 Å². The number of carbonyl (C=O) groups excluding carboxylic acids is 3. The molecule has 1 aromatic carbocycles. The third-order valence-corrected chi connectivity index (χ3v) is 5.34. The number of carbonyl (C=O) groups is 3. The zero-order valence-electron chi connectivity index (χ0n) is 18.0. The molecule has 0 saturated carbocycles. The molecule has 0 spiro atoms. The van der Waals surface area contributed by atoms with Gasteiger partial charge in [0, 0.05) is 24.5 Å². The number of esters is 1. The van der Waals surface area contributed by atoms with Crippen molar-refractivity contribution >= 4 is 58.3 Å². The Kier molecular flexibility index (Phi) is 10.5. The molecule has 176 valence electrons. The van der Waals surface area contributed by atoms with E-state index in [1.807, 2.05) is 13.8 Å². The van der Waals surface area contributed by atoms with Gasteiger partial charge in [0.25, 0.3) is 0 Å². The number of rotatable bonds is 9. The lowest BCUT2D eigenvalue weighted by Crippen LogP contribution is -2.60.